The number of nitrogens with zero attached hydrogens (tertiary/aromatic N) is 1. The number of oxazole rings is 1. The third kappa shape index (κ3) is 2.30. The summed E-state index contributed by atoms with van der Waals surface area (Å²) in [6.45, 7) is 6.36. The van der Waals surface area contributed by atoms with E-state index in [1.165, 1.54) is 6.39 Å². The Balaban J connectivity index is 2.02. The maximum Gasteiger partial charge on any atom is 0.183 e. The molecular weight excluding hydrogens is 328 g/mol. The Morgan fingerprint density at radius 1 is 1.31 bits per heavy atom. The second kappa shape index (κ2) is 5.73. The molecule has 2 heterocycles. The number of allylic oxidation sites excluding steroid dienone is 2. The molecule has 5 nitrogen and oxygen atoms in total. The van der Waals surface area contributed by atoms with Crippen LogP contribution in [0.2, 0.25) is 0 Å². The molecule has 5 heteroatoms. The van der Waals surface area contributed by atoms with Crippen LogP contribution in [0, 0.1) is 5.41 Å². The van der Waals surface area contributed by atoms with Gasteiger partial charge in [0.2, 0.25) is 0 Å². The van der Waals surface area contributed by atoms with Crippen molar-refractivity contribution in [2.24, 2.45) is 5.41 Å². The van der Waals surface area contributed by atoms with Crippen molar-refractivity contribution in [3.8, 4) is 5.75 Å². The summed E-state index contributed by atoms with van der Waals surface area (Å²) in [6, 6.07) is 7.91. The van der Waals surface area contributed by atoms with Gasteiger partial charge in [0.15, 0.2) is 23.8 Å². The molecule has 1 aliphatic carbocycles. The van der Waals surface area contributed by atoms with Crippen molar-refractivity contribution in [1.29, 1.82) is 0 Å². The lowest BCUT2D eigenvalue weighted by atomic mass is 9.61. The number of fused-ring (bicyclic) bond motifs is 1. The highest BCUT2D eigenvalue weighted by Crippen LogP contribution is 2.54. The van der Waals surface area contributed by atoms with Gasteiger partial charge in [-0.15, -0.1) is 0 Å². The minimum absolute atomic E-state index is 0.0714. The number of carbonyl (C=O) groups is 1. The van der Waals surface area contributed by atoms with Gasteiger partial charge in [0.1, 0.15) is 5.75 Å². The lowest BCUT2D eigenvalue weighted by Gasteiger charge is -2.43. The van der Waals surface area contributed by atoms with Gasteiger partial charge in [0.25, 0.3) is 0 Å². The summed E-state index contributed by atoms with van der Waals surface area (Å²) in [5.41, 5.74) is 2.07. The molecule has 26 heavy (non-hydrogen) atoms. The minimum atomic E-state index is -0.644. The first kappa shape index (κ1) is 16.9. The van der Waals surface area contributed by atoms with Crippen molar-refractivity contribution >= 4 is 11.6 Å². The molecule has 1 N–H and O–H groups in total. The summed E-state index contributed by atoms with van der Waals surface area (Å²) in [5.74, 6) is 2.36. The average molecular weight is 352 g/mol. The van der Waals surface area contributed by atoms with Gasteiger partial charge in [0.05, 0.1) is 12.5 Å². The third-order valence-electron chi connectivity index (χ3n) is 5.62. The number of methoxy groups -OCH3 is 1. The Bertz CT molecular complexity index is 909. The van der Waals surface area contributed by atoms with Crippen molar-refractivity contribution < 1.29 is 13.9 Å². The fraction of sp³-hybridized carbons (Fsp3) is 0.429. The van der Waals surface area contributed by atoms with Crippen LogP contribution >= 0.6 is 0 Å². The molecule has 4 rings (SSSR count). The van der Waals surface area contributed by atoms with Gasteiger partial charge in [-0.25, -0.2) is 0 Å². The van der Waals surface area contributed by atoms with Crippen LogP contribution in [0.15, 0.2) is 46.3 Å². The number of ether oxygens (including phenoxy) is 1. The predicted molar refractivity (Wildman–Crippen MR) is 99.2 cm³/mol. The van der Waals surface area contributed by atoms with E-state index in [1.807, 2.05) is 24.3 Å². The van der Waals surface area contributed by atoms with Crippen molar-refractivity contribution in [3.05, 3.63) is 53.3 Å². The number of hydrogen-bond acceptors (Lipinski definition) is 5. The average Bonchev–Trinajstić information content (AvgIpc) is 3.07. The fourth-order valence-electron chi connectivity index (χ4n) is 4.52. The van der Waals surface area contributed by atoms with Gasteiger partial charge in [0, 0.05) is 17.7 Å². The number of aromatic nitrogens is 1. The SMILES string of the molecule is CCC1(c2cccc(OC)c2)C2=C(CC(C)(C)CC2=O)Nc2ncoc21. The Hall–Kier alpha value is -2.56. The Morgan fingerprint density at radius 2 is 2.12 bits per heavy atom. The molecule has 2 aliphatic rings. The Kier molecular flexibility index (Phi) is 3.72. The molecule has 0 saturated carbocycles. The third-order valence-corrected chi connectivity index (χ3v) is 5.62. The molecule has 1 atom stereocenters. The Labute approximate surface area is 153 Å². The van der Waals surface area contributed by atoms with Gasteiger partial charge >= 0.3 is 0 Å². The first-order chi connectivity index (χ1) is 12.4. The molecule has 0 saturated heterocycles. The molecule has 1 aromatic heterocycles. The van der Waals surface area contributed by atoms with Gasteiger partial charge in [-0.05, 0) is 36.0 Å². The lowest BCUT2D eigenvalue weighted by molar-refractivity contribution is -0.118. The molecule has 0 bridgehead atoms. The quantitative estimate of drug-likeness (QED) is 0.884. The van der Waals surface area contributed by atoms with Gasteiger partial charge in [-0.3, -0.25) is 4.79 Å². The van der Waals surface area contributed by atoms with E-state index in [1.54, 1.807) is 7.11 Å². The van der Waals surface area contributed by atoms with E-state index in [2.05, 4.69) is 31.1 Å². The van der Waals surface area contributed by atoms with Crippen molar-refractivity contribution in [2.75, 3.05) is 12.4 Å². The van der Waals surface area contributed by atoms with Gasteiger partial charge < -0.3 is 14.5 Å². The zero-order chi connectivity index (χ0) is 18.5. The second-order valence-corrected chi connectivity index (χ2v) is 7.94. The largest absolute Gasteiger partial charge is 0.497 e. The van der Waals surface area contributed by atoms with E-state index in [0.717, 1.165) is 29.0 Å². The maximum absolute atomic E-state index is 13.3. The standard InChI is InChI=1S/C21H24N2O3/c1-5-21(13-7-6-8-14(9-13)25-4)17-15(10-20(2,3)11-16(17)24)23-19-18(21)26-12-22-19/h6-9,12,23H,5,10-11H2,1-4H3. The molecule has 0 fully saturated rings. The molecule has 1 aliphatic heterocycles. The minimum Gasteiger partial charge on any atom is -0.497 e. The monoisotopic (exact) mass is 352 g/mol. The van der Waals surface area contributed by atoms with Crippen LogP contribution in [0.4, 0.5) is 5.82 Å². The lowest BCUT2D eigenvalue weighted by Crippen LogP contribution is -2.43. The highest BCUT2D eigenvalue weighted by molar-refractivity contribution is 6.02. The number of anilines is 1. The highest BCUT2D eigenvalue weighted by atomic mass is 16.5. The highest BCUT2D eigenvalue weighted by Gasteiger charge is 2.51. The number of Topliss-reactive ketones (excluding diaryl/α,β-unsaturated/α-hetero) is 1. The molecular formula is C21H24N2O3. The summed E-state index contributed by atoms with van der Waals surface area (Å²) in [6.07, 6.45) is 3.50. The van der Waals surface area contributed by atoms with Crippen LogP contribution in [-0.2, 0) is 10.2 Å². The summed E-state index contributed by atoms with van der Waals surface area (Å²) < 4.78 is 11.3. The van der Waals surface area contributed by atoms with Crippen LogP contribution < -0.4 is 10.1 Å². The fourth-order valence-corrected chi connectivity index (χ4v) is 4.52. The normalized spacial score (nSPS) is 23.9. The molecule has 0 radical (unpaired) electrons. The van der Waals surface area contributed by atoms with Crippen molar-refractivity contribution in [3.63, 3.8) is 0 Å². The van der Waals surface area contributed by atoms with Crippen LogP contribution in [0.25, 0.3) is 0 Å². The van der Waals surface area contributed by atoms with E-state index in [4.69, 9.17) is 9.15 Å². The van der Waals surface area contributed by atoms with Gasteiger partial charge in [-0.1, -0.05) is 32.9 Å². The molecule has 0 amide bonds. The van der Waals surface area contributed by atoms with Crippen molar-refractivity contribution in [1.82, 2.24) is 4.98 Å². The molecule has 2 aromatic rings. The predicted octanol–water partition coefficient (Wildman–Crippen LogP) is 4.45. The number of ketones is 1. The summed E-state index contributed by atoms with van der Waals surface area (Å²) in [5, 5.41) is 3.38. The van der Waals surface area contributed by atoms with E-state index < -0.39 is 5.41 Å². The van der Waals surface area contributed by atoms with E-state index >= 15 is 0 Å². The molecule has 136 valence electrons. The first-order valence-electron chi connectivity index (χ1n) is 9.03. The topological polar surface area (TPSA) is 64.4 Å². The van der Waals surface area contributed by atoms with Crippen LogP contribution in [0.3, 0.4) is 0 Å². The smallest absolute Gasteiger partial charge is 0.183 e. The number of rotatable bonds is 3. The summed E-state index contributed by atoms with van der Waals surface area (Å²) in [4.78, 5) is 17.7. The number of benzene rings is 1. The number of carbonyl (C=O) groups excluding carboxylic acids is 1. The van der Waals surface area contributed by atoms with E-state index in [9.17, 15) is 4.79 Å². The molecule has 1 unspecified atom stereocenters. The zero-order valence-electron chi connectivity index (χ0n) is 15.7. The second-order valence-electron chi connectivity index (χ2n) is 7.94. The number of hydrogen-bond donors (Lipinski definition) is 1. The van der Waals surface area contributed by atoms with E-state index in [0.29, 0.717) is 24.4 Å². The molecule has 1 aromatic carbocycles. The summed E-state index contributed by atoms with van der Waals surface area (Å²) >= 11 is 0. The number of nitrogens with one attached hydrogen (secondary N) is 1. The maximum atomic E-state index is 13.3. The first-order valence-corrected chi connectivity index (χ1v) is 9.03. The zero-order valence-corrected chi connectivity index (χ0v) is 15.7. The van der Waals surface area contributed by atoms with Crippen molar-refractivity contribution in [2.45, 2.75) is 45.4 Å². The van der Waals surface area contributed by atoms with Gasteiger partial charge in [-0.2, -0.15) is 4.98 Å². The van der Waals surface area contributed by atoms with Crippen LogP contribution in [-0.4, -0.2) is 17.9 Å². The van der Waals surface area contributed by atoms with E-state index in [-0.39, 0.29) is 11.2 Å². The van der Waals surface area contributed by atoms with Crippen LogP contribution in [0.1, 0.15) is 51.4 Å². The van der Waals surface area contributed by atoms with Crippen LogP contribution in [0.5, 0.6) is 5.75 Å². The Morgan fingerprint density at radius 3 is 2.85 bits per heavy atom. The summed E-state index contributed by atoms with van der Waals surface area (Å²) in [7, 11) is 1.65. The molecule has 0 spiro atoms.